The van der Waals surface area contributed by atoms with Crippen molar-refractivity contribution >= 4 is 28.1 Å². The van der Waals surface area contributed by atoms with Crippen molar-refractivity contribution in [3.8, 4) is 5.75 Å². The van der Waals surface area contributed by atoms with Crippen LogP contribution in [0.3, 0.4) is 0 Å². The Morgan fingerprint density at radius 1 is 1.42 bits per heavy atom. The van der Waals surface area contributed by atoms with Crippen molar-refractivity contribution < 1.29 is 14.3 Å². The quantitative estimate of drug-likeness (QED) is 0.817. The summed E-state index contributed by atoms with van der Waals surface area (Å²) in [5.41, 5.74) is 0.494. The summed E-state index contributed by atoms with van der Waals surface area (Å²) >= 11 is 3.25. The van der Waals surface area contributed by atoms with E-state index in [0.29, 0.717) is 21.7 Å². The molecule has 104 valence electrons. The van der Waals surface area contributed by atoms with Gasteiger partial charge in [-0.05, 0) is 31.0 Å². The second-order valence-electron chi connectivity index (χ2n) is 4.69. The number of carbonyl (C=O) groups excluding carboxylic acids is 2. The molecule has 5 heteroatoms. The van der Waals surface area contributed by atoms with E-state index < -0.39 is 0 Å². The van der Waals surface area contributed by atoms with Gasteiger partial charge in [-0.25, -0.2) is 0 Å². The van der Waals surface area contributed by atoms with Crippen molar-refractivity contribution in [3.63, 3.8) is 0 Å². The van der Waals surface area contributed by atoms with Crippen LogP contribution in [0.2, 0.25) is 0 Å². The first-order valence-corrected chi connectivity index (χ1v) is 6.90. The molecule has 0 aliphatic carbocycles. The molecule has 1 rings (SSSR count). The molecule has 1 aromatic rings. The number of carbonyl (C=O) groups is 2. The van der Waals surface area contributed by atoms with E-state index in [0.717, 1.165) is 6.29 Å². The molecule has 0 saturated carbocycles. The van der Waals surface area contributed by atoms with Gasteiger partial charge in [0.05, 0.1) is 0 Å². The number of benzene rings is 1. The summed E-state index contributed by atoms with van der Waals surface area (Å²) in [5, 5.41) is 2.85. The molecule has 0 spiro atoms. The number of nitrogens with one attached hydrogen (secondary N) is 1. The summed E-state index contributed by atoms with van der Waals surface area (Å²) in [6.45, 7) is 5.97. The molecule has 4 nitrogen and oxygen atoms in total. The number of hydrogen-bond donors (Lipinski definition) is 1. The molecule has 1 amide bonds. The molecule has 1 aromatic carbocycles. The predicted octanol–water partition coefficient (Wildman–Crippen LogP) is 2.80. The van der Waals surface area contributed by atoms with Gasteiger partial charge in [-0.2, -0.15) is 0 Å². The van der Waals surface area contributed by atoms with Crippen molar-refractivity contribution in [2.24, 2.45) is 5.92 Å². The van der Waals surface area contributed by atoms with E-state index >= 15 is 0 Å². The Hall–Kier alpha value is -1.36. The van der Waals surface area contributed by atoms with Gasteiger partial charge in [-0.15, -0.1) is 0 Å². The predicted molar refractivity (Wildman–Crippen MR) is 77.5 cm³/mol. The van der Waals surface area contributed by atoms with Gasteiger partial charge in [0.15, 0.2) is 12.9 Å². The van der Waals surface area contributed by atoms with Crippen LogP contribution < -0.4 is 10.1 Å². The largest absolute Gasteiger partial charge is 0.484 e. The maximum atomic E-state index is 11.6. The fourth-order valence-electron chi connectivity index (χ4n) is 1.31. The second kappa shape index (κ2) is 7.28. The molecule has 0 heterocycles. The minimum absolute atomic E-state index is 0.0585. The Balaban J connectivity index is 2.53. The van der Waals surface area contributed by atoms with Crippen LogP contribution in [0.5, 0.6) is 5.75 Å². The lowest BCUT2D eigenvalue weighted by Crippen LogP contribution is -2.38. The molecule has 0 aromatic heterocycles. The zero-order chi connectivity index (χ0) is 14.4. The smallest absolute Gasteiger partial charge is 0.258 e. The number of aldehydes is 1. The Morgan fingerprint density at radius 2 is 2.11 bits per heavy atom. The molecule has 0 saturated heterocycles. The highest BCUT2D eigenvalue weighted by molar-refractivity contribution is 9.10. The van der Waals surface area contributed by atoms with Crippen molar-refractivity contribution in [3.05, 3.63) is 28.2 Å². The third kappa shape index (κ3) is 5.03. The van der Waals surface area contributed by atoms with E-state index in [9.17, 15) is 9.59 Å². The summed E-state index contributed by atoms with van der Waals surface area (Å²) in [4.78, 5) is 22.4. The number of halogens is 1. The summed E-state index contributed by atoms with van der Waals surface area (Å²) < 4.78 is 6.06. The fourth-order valence-corrected chi connectivity index (χ4v) is 1.65. The number of rotatable bonds is 6. The average Bonchev–Trinajstić information content (AvgIpc) is 2.37. The number of amides is 1. The van der Waals surface area contributed by atoms with Crippen molar-refractivity contribution in [1.29, 1.82) is 0 Å². The van der Waals surface area contributed by atoms with Crippen LogP contribution in [0.1, 0.15) is 31.1 Å². The molecule has 0 aliphatic heterocycles. The van der Waals surface area contributed by atoms with E-state index in [2.05, 4.69) is 21.2 Å². The maximum absolute atomic E-state index is 11.6. The summed E-state index contributed by atoms with van der Waals surface area (Å²) in [5.74, 6) is 0.702. The Bertz CT molecular complexity index is 460. The molecule has 1 atom stereocenters. The van der Waals surface area contributed by atoms with Gasteiger partial charge in [0.1, 0.15) is 5.75 Å². The third-order valence-corrected chi connectivity index (χ3v) is 3.58. The average molecular weight is 328 g/mol. The zero-order valence-electron chi connectivity index (χ0n) is 11.3. The number of hydrogen-bond acceptors (Lipinski definition) is 3. The molecule has 0 radical (unpaired) electrons. The SMILES string of the molecule is CC(C)C(C)NC(=O)COc1ccc(Br)c(C=O)c1. The maximum Gasteiger partial charge on any atom is 0.258 e. The van der Waals surface area contributed by atoms with Crippen LogP contribution in [-0.2, 0) is 4.79 Å². The van der Waals surface area contributed by atoms with Gasteiger partial charge in [0.2, 0.25) is 0 Å². The van der Waals surface area contributed by atoms with Gasteiger partial charge in [0, 0.05) is 16.1 Å². The highest BCUT2D eigenvalue weighted by Gasteiger charge is 2.11. The van der Waals surface area contributed by atoms with Crippen molar-refractivity contribution in [2.45, 2.75) is 26.8 Å². The summed E-state index contributed by atoms with van der Waals surface area (Å²) in [6, 6.07) is 5.12. The molecular formula is C14H18BrNO3. The molecule has 0 aliphatic rings. The topological polar surface area (TPSA) is 55.4 Å². The van der Waals surface area contributed by atoms with E-state index in [-0.39, 0.29) is 18.6 Å². The second-order valence-corrected chi connectivity index (χ2v) is 5.54. The summed E-state index contributed by atoms with van der Waals surface area (Å²) in [6.07, 6.45) is 0.734. The fraction of sp³-hybridized carbons (Fsp3) is 0.429. The molecular weight excluding hydrogens is 310 g/mol. The van der Waals surface area contributed by atoms with Gasteiger partial charge in [-0.1, -0.05) is 29.8 Å². The van der Waals surface area contributed by atoms with Crippen LogP contribution in [0.15, 0.2) is 22.7 Å². The Kier molecular flexibility index (Phi) is 6.02. The van der Waals surface area contributed by atoms with Crippen LogP contribution in [-0.4, -0.2) is 24.8 Å². The molecule has 19 heavy (non-hydrogen) atoms. The minimum atomic E-state index is -0.170. The lowest BCUT2D eigenvalue weighted by Gasteiger charge is -2.17. The minimum Gasteiger partial charge on any atom is -0.484 e. The third-order valence-electron chi connectivity index (χ3n) is 2.85. The van der Waals surface area contributed by atoms with E-state index in [1.807, 2.05) is 20.8 Å². The van der Waals surface area contributed by atoms with Crippen LogP contribution in [0, 0.1) is 5.92 Å². The standard InChI is InChI=1S/C14H18BrNO3/c1-9(2)10(3)16-14(18)8-19-12-4-5-13(15)11(6-12)7-17/h4-7,9-10H,8H2,1-3H3,(H,16,18). The highest BCUT2D eigenvalue weighted by Crippen LogP contribution is 2.21. The molecule has 0 bridgehead atoms. The van der Waals surface area contributed by atoms with Crippen LogP contribution in [0.25, 0.3) is 0 Å². The Labute approximate surface area is 121 Å². The lowest BCUT2D eigenvalue weighted by atomic mass is 10.1. The molecule has 1 unspecified atom stereocenters. The summed E-state index contributed by atoms with van der Waals surface area (Å²) in [7, 11) is 0. The van der Waals surface area contributed by atoms with Crippen molar-refractivity contribution in [1.82, 2.24) is 5.32 Å². The number of ether oxygens (including phenoxy) is 1. The zero-order valence-corrected chi connectivity index (χ0v) is 12.9. The van der Waals surface area contributed by atoms with E-state index in [1.54, 1.807) is 18.2 Å². The van der Waals surface area contributed by atoms with E-state index in [1.165, 1.54) is 0 Å². The van der Waals surface area contributed by atoms with Gasteiger partial charge < -0.3 is 10.1 Å². The van der Waals surface area contributed by atoms with Gasteiger partial charge in [-0.3, -0.25) is 9.59 Å². The van der Waals surface area contributed by atoms with Crippen LogP contribution in [0.4, 0.5) is 0 Å². The normalized spacial score (nSPS) is 12.1. The van der Waals surface area contributed by atoms with Crippen molar-refractivity contribution in [2.75, 3.05) is 6.61 Å². The monoisotopic (exact) mass is 327 g/mol. The van der Waals surface area contributed by atoms with Gasteiger partial charge in [0.25, 0.3) is 5.91 Å². The first-order valence-electron chi connectivity index (χ1n) is 6.11. The first-order chi connectivity index (χ1) is 8.93. The first kappa shape index (κ1) is 15.7. The highest BCUT2D eigenvalue weighted by atomic mass is 79.9. The van der Waals surface area contributed by atoms with Crippen LogP contribution >= 0.6 is 15.9 Å². The molecule has 1 N–H and O–H groups in total. The van der Waals surface area contributed by atoms with E-state index in [4.69, 9.17) is 4.74 Å². The van der Waals surface area contributed by atoms with Gasteiger partial charge >= 0.3 is 0 Å². The lowest BCUT2D eigenvalue weighted by molar-refractivity contribution is -0.124. The Morgan fingerprint density at radius 3 is 2.68 bits per heavy atom. The molecule has 0 fully saturated rings.